The summed E-state index contributed by atoms with van der Waals surface area (Å²) in [5, 5.41) is 0. The molecule has 0 aromatic heterocycles. The van der Waals surface area contributed by atoms with Gasteiger partial charge in [-0.3, -0.25) is 4.21 Å². The lowest BCUT2D eigenvalue weighted by atomic mass is 10.3. The Morgan fingerprint density at radius 2 is 1.86 bits per heavy atom. The zero-order chi connectivity index (χ0) is 15.2. The molecule has 2 rings (SSSR count). The predicted octanol–water partition coefficient (Wildman–Crippen LogP) is 3.12. The predicted molar refractivity (Wildman–Crippen MR) is 78.6 cm³/mol. The van der Waals surface area contributed by atoms with E-state index in [0.717, 1.165) is 12.1 Å². The normalized spacial score (nSPS) is 12.1. The van der Waals surface area contributed by atoms with Crippen LogP contribution in [0.3, 0.4) is 0 Å². The zero-order valence-corrected chi connectivity index (χ0v) is 12.0. The molecule has 0 aliphatic heterocycles. The van der Waals surface area contributed by atoms with Crippen LogP contribution in [0.2, 0.25) is 0 Å². The largest absolute Gasteiger partial charge is 0.491 e. The number of rotatable bonds is 6. The van der Waals surface area contributed by atoms with E-state index in [4.69, 9.17) is 10.5 Å². The van der Waals surface area contributed by atoms with Crippen molar-refractivity contribution in [3.8, 4) is 5.75 Å². The Balaban J connectivity index is 1.82. The summed E-state index contributed by atoms with van der Waals surface area (Å²) in [5.41, 5.74) is 6.26. The number of nitrogen functional groups attached to an aromatic ring is 1. The van der Waals surface area contributed by atoms with Crippen LogP contribution in [0.5, 0.6) is 5.75 Å². The van der Waals surface area contributed by atoms with Gasteiger partial charge in [0.05, 0.1) is 23.1 Å². The minimum Gasteiger partial charge on any atom is -0.491 e. The summed E-state index contributed by atoms with van der Waals surface area (Å²) >= 11 is 0. The molecule has 1 atom stereocenters. The van der Waals surface area contributed by atoms with Gasteiger partial charge < -0.3 is 10.5 Å². The molecule has 0 aliphatic carbocycles. The van der Waals surface area contributed by atoms with Crippen molar-refractivity contribution in [1.29, 1.82) is 0 Å². The van der Waals surface area contributed by atoms with Crippen LogP contribution in [0.4, 0.5) is 14.5 Å². The maximum atomic E-state index is 13.0. The fraction of sp³-hybridized carbons (Fsp3) is 0.200. The fourth-order valence-corrected chi connectivity index (χ4v) is 2.79. The maximum absolute atomic E-state index is 13.0. The number of nitrogens with two attached hydrogens (primary N) is 1. The smallest absolute Gasteiger partial charge is 0.160 e. The molecule has 0 fully saturated rings. The molecule has 2 N–H and O–H groups in total. The van der Waals surface area contributed by atoms with Crippen molar-refractivity contribution in [2.24, 2.45) is 0 Å². The first-order valence-electron chi connectivity index (χ1n) is 6.38. The lowest BCUT2D eigenvalue weighted by molar-refractivity contribution is 0.320. The van der Waals surface area contributed by atoms with Crippen molar-refractivity contribution < 1.29 is 17.7 Å². The highest BCUT2D eigenvalue weighted by Gasteiger charge is 2.08. The molecule has 0 saturated carbocycles. The van der Waals surface area contributed by atoms with Gasteiger partial charge >= 0.3 is 0 Å². The quantitative estimate of drug-likeness (QED) is 0.659. The van der Waals surface area contributed by atoms with Gasteiger partial charge in [-0.15, -0.1) is 0 Å². The molecule has 112 valence electrons. The molecular weight excluding hydrogens is 296 g/mol. The Labute approximate surface area is 124 Å². The molecule has 1 unspecified atom stereocenters. The molecular formula is C15H15F2NO2S. The van der Waals surface area contributed by atoms with Crippen molar-refractivity contribution in [2.75, 3.05) is 18.1 Å². The highest BCUT2D eigenvalue weighted by Crippen LogP contribution is 2.20. The molecule has 0 bridgehead atoms. The Morgan fingerprint density at radius 3 is 2.57 bits per heavy atom. The second kappa shape index (κ2) is 7.17. The number of hydrogen-bond acceptors (Lipinski definition) is 3. The molecule has 0 saturated heterocycles. The van der Waals surface area contributed by atoms with Crippen LogP contribution in [-0.2, 0) is 10.8 Å². The topological polar surface area (TPSA) is 52.3 Å². The average Bonchev–Trinajstić information content (AvgIpc) is 2.48. The SMILES string of the molecule is Nc1ccccc1OCCCS(=O)c1ccc(F)c(F)c1. The number of halogens is 2. The number of anilines is 1. The third-order valence-electron chi connectivity index (χ3n) is 2.80. The summed E-state index contributed by atoms with van der Waals surface area (Å²) in [4.78, 5) is 0.271. The molecule has 0 spiro atoms. The Kier molecular flexibility index (Phi) is 5.27. The van der Waals surface area contributed by atoms with Crippen molar-refractivity contribution in [1.82, 2.24) is 0 Å². The van der Waals surface area contributed by atoms with Crippen molar-refractivity contribution in [3.05, 3.63) is 54.1 Å². The summed E-state index contributed by atoms with van der Waals surface area (Å²) in [7, 11) is -1.38. The van der Waals surface area contributed by atoms with Crippen LogP contribution in [0.25, 0.3) is 0 Å². The molecule has 0 aliphatic rings. The van der Waals surface area contributed by atoms with Gasteiger partial charge in [-0.25, -0.2) is 8.78 Å². The van der Waals surface area contributed by atoms with Crippen LogP contribution in [-0.4, -0.2) is 16.6 Å². The summed E-state index contributed by atoms with van der Waals surface area (Å²) in [6.45, 7) is 0.351. The summed E-state index contributed by atoms with van der Waals surface area (Å²) in [6, 6.07) is 10.4. The molecule has 0 heterocycles. The minimum atomic E-state index is -1.38. The Bertz CT molecular complexity index is 649. The van der Waals surface area contributed by atoms with Gasteiger partial charge in [-0.05, 0) is 36.8 Å². The maximum Gasteiger partial charge on any atom is 0.160 e. The lowest BCUT2D eigenvalue weighted by Gasteiger charge is -2.08. The lowest BCUT2D eigenvalue weighted by Crippen LogP contribution is -2.06. The Hall–Kier alpha value is -1.95. The zero-order valence-electron chi connectivity index (χ0n) is 11.2. The second-order valence-corrected chi connectivity index (χ2v) is 5.94. The average molecular weight is 311 g/mol. The standard InChI is InChI=1S/C15H15F2NO2S/c16-12-7-6-11(10-13(12)17)21(19)9-3-8-20-15-5-2-1-4-14(15)18/h1-2,4-7,10H,3,8-9,18H2. The van der Waals surface area contributed by atoms with Crippen LogP contribution >= 0.6 is 0 Å². The number of hydrogen-bond donors (Lipinski definition) is 1. The monoisotopic (exact) mass is 311 g/mol. The molecule has 0 amide bonds. The summed E-state index contributed by atoms with van der Waals surface area (Å²) < 4.78 is 43.2. The molecule has 2 aromatic carbocycles. The molecule has 3 nitrogen and oxygen atoms in total. The van der Waals surface area contributed by atoms with E-state index >= 15 is 0 Å². The van der Waals surface area contributed by atoms with Crippen LogP contribution in [0.1, 0.15) is 6.42 Å². The molecule has 6 heteroatoms. The van der Waals surface area contributed by atoms with Crippen LogP contribution < -0.4 is 10.5 Å². The van der Waals surface area contributed by atoms with Crippen molar-refractivity contribution in [3.63, 3.8) is 0 Å². The summed E-state index contributed by atoms with van der Waals surface area (Å²) in [5.74, 6) is -1.05. The third kappa shape index (κ3) is 4.26. The first-order chi connectivity index (χ1) is 10.1. The van der Waals surface area contributed by atoms with Gasteiger partial charge in [0, 0.05) is 10.6 Å². The van der Waals surface area contributed by atoms with E-state index < -0.39 is 22.4 Å². The molecule has 0 radical (unpaired) electrons. The minimum absolute atomic E-state index is 0.271. The van der Waals surface area contributed by atoms with Crippen LogP contribution in [0, 0.1) is 11.6 Å². The van der Waals surface area contributed by atoms with E-state index in [1.54, 1.807) is 18.2 Å². The van der Waals surface area contributed by atoms with Gasteiger partial charge in [0.15, 0.2) is 11.6 Å². The molecule has 2 aromatic rings. The van der Waals surface area contributed by atoms with E-state index in [2.05, 4.69) is 0 Å². The van der Waals surface area contributed by atoms with E-state index in [0.29, 0.717) is 30.2 Å². The van der Waals surface area contributed by atoms with Gasteiger partial charge in [-0.2, -0.15) is 0 Å². The van der Waals surface area contributed by atoms with E-state index in [9.17, 15) is 13.0 Å². The van der Waals surface area contributed by atoms with Crippen LogP contribution in [0.15, 0.2) is 47.4 Å². The van der Waals surface area contributed by atoms with Gasteiger partial charge in [-0.1, -0.05) is 12.1 Å². The van der Waals surface area contributed by atoms with Gasteiger partial charge in [0.1, 0.15) is 5.75 Å². The van der Waals surface area contributed by atoms with Crippen molar-refractivity contribution >= 4 is 16.5 Å². The van der Waals surface area contributed by atoms with E-state index in [1.165, 1.54) is 6.07 Å². The van der Waals surface area contributed by atoms with E-state index in [1.807, 2.05) is 6.07 Å². The first kappa shape index (κ1) is 15.4. The van der Waals surface area contributed by atoms with Gasteiger partial charge in [0.2, 0.25) is 0 Å². The Morgan fingerprint density at radius 1 is 1.10 bits per heavy atom. The highest BCUT2D eigenvalue weighted by atomic mass is 32.2. The fourth-order valence-electron chi connectivity index (χ4n) is 1.72. The number of ether oxygens (including phenoxy) is 1. The first-order valence-corrected chi connectivity index (χ1v) is 7.70. The number of para-hydroxylation sites is 2. The highest BCUT2D eigenvalue weighted by molar-refractivity contribution is 7.85. The van der Waals surface area contributed by atoms with Gasteiger partial charge in [0.25, 0.3) is 0 Å². The summed E-state index contributed by atoms with van der Waals surface area (Å²) in [6.07, 6.45) is 0.514. The number of benzene rings is 2. The van der Waals surface area contributed by atoms with E-state index in [-0.39, 0.29) is 4.90 Å². The molecule has 21 heavy (non-hydrogen) atoms. The second-order valence-electron chi connectivity index (χ2n) is 4.37. The van der Waals surface area contributed by atoms with Crippen molar-refractivity contribution in [2.45, 2.75) is 11.3 Å². The third-order valence-corrected chi connectivity index (χ3v) is 4.24.